The van der Waals surface area contributed by atoms with E-state index in [9.17, 15) is 9.18 Å². The van der Waals surface area contributed by atoms with Gasteiger partial charge in [0.1, 0.15) is 5.82 Å². The summed E-state index contributed by atoms with van der Waals surface area (Å²) in [5, 5.41) is 8.03. The fourth-order valence-corrected chi connectivity index (χ4v) is 2.02. The van der Waals surface area contributed by atoms with Gasteiger partial charge in [0.25, 0.3) is 0 Å². The van der Waals surface area contributed by atoms with Gasteiger partial charge >= 0.3 is 5.97 Å². The van der Waals surface area contributed by atoms with Crippen LogP contribution in [-0.2, 0) is 17.8 Å². The molecule has 0 aliphatic heterocycles. The van der Waals surface area contributed by atoms with E-state index in [0.717, 1.165) is 0 Å². The first-order chi connectivity index (χ1) is 10.1. The molecule has 2 N–H and O–H groups in total. The molecule has 1 aromatic carbocycles. The van der Waals surface area contributed by atoms with E-state index in [1.165, 1.54) is 22.9 Å². The number of hydrogen-bond acceptors (Lipinski definition) is 5. The highest BCUT2D eigenvalue weighted by Crippen LogP contribution is 2.19. The number of ether oxygens (including phenoxy) is 1. The molecule has 0 bridgehead atoms. The number of carbonyl (C=O) groups is 1. The molecule has 112 valence electrons. The normalized spacial score (nSPS) is 10.7. The van der Waals surface area contributed by atoms with Crippen molar-refractivity contribution in [2.24, 2.45) is 5.73 Å². The minimum Gasteiger partial charge on any atom is -0.461 e. The summed E-state index contributed by atoms with van der Waals surface area (Å²) in [7, 11) is 0. The Morgan fingerprint density at radius 2 is 2.29 bits per heavy atom. The lowest BCUT2D eigenvalue weighted by atomic mass is 10.2. The Kier molecular flexibility index (Phi) is 4.87. The van der Waals surface area contributed by atoms with Crippen LogP contribution in [0.4, 0.5) is 4.39 Å². The van der Waals surface area contributed by atoms with Crippen molar-refractivity contribution in [3.05, 3.63) is 46.0 Å². The molecule has 0 saturated carbocycles. The average molecular weight is 313 g/mol. The smallest absolute Gasteiger partial charge is 0.360 e. The monoisotopic (exact) mass is 312 g/mol. The molecule has 0 saturated heterocycles. The van der Waals surface area contributed by atoms with Crippen LogP contribution in [0, 0.1) is 5.82 Å². The minimum atomic E-state index is -0.588. The number of benzene rings is 1. The number of aromatic nitrogens is 3. The van der Waals surface area contributed by atoms with Gasteiger partial charge in [0.05, 0.1) is 18.8 Å². The maximum Gasteiger partial charge on any atom is 0.360 e. The quantitative estimate of drug-likeness (QED) is 0.850. The fraction of sp³-hybridized carbons (Fsp3) is 0.308. The second kappa shape index (κ2) is 6.64. The van der Waals surface area contributed by atoms with Gasteiger partial charge in [0.15, 0.2) is 5.69 Å². The third kappa shape index (κ3) is 3.37. The van der Waals surface area contributed by atoms with Gasteiger partial charge in [-0.25, -0.2) is 13.9 Å². The van der Waals surface area contributed by atoms with Crippen molar-refractivity contribution < 1.29 is 13.9 Å². The van der Waals surface area contributed by atoms with Crippen molar-refractivity contribution in [1.29, 1.82) is 0 Å². The van der Waals surface area contributed by atoms with E-state index in [2.05, 4.69) is 10.3 Å². The van der Waals surface area contributed by atoms with Crippen LogP contribution in [0.5, 0.6) is 0 Å². The molecular formula is C13H14ClFN4O2. The van der Waals surface area contributed by atoms with E-state index < -0.39 is 11.8 Å². The summed E-state index contributed by atoms with van der Waals surface area (Å²) in [6.45, 7) is 2.13. The highest BCUT2D eigenvalue weighted by Gasteiger charge is 2.20. The zero-order valence-electron chi connectivity index (χ0n) is 11.3. The Morgan fingerprint density at radius 3 is 2.95 bits per heavy atom. The molecule has 1 aromatic heterocycles. The first-order valence-electron chi connectivity index (χ1n) is 6.30. The van der Waals surface area contributed by atoms with Crippen molar-refractivity contribution in [2.45, 2.75) is 20.0 Å². The molecule has 0 atom stereocenters. The SMILES string of the molecule is CCOC(=O)c1nnn(Cc2cc(F)ccc2Cl)c1CN. The topological polar surface area (TPSA) is 83.0 Å². The van der Waals surface area contributed by atoms with Crippen LogP contribution in [0.3, 0.4) is 0 Å². The van der Waals surface area contributed by atoms with Gasteiger partial charge in [-0.3, -0.25) is 0 Å². The van der Waals surface area contributed by atoms with Gasteiger partial charge in [-0.1, -0.05) is 16.8 Å². The summed E-state index contributed by atoms with van der Waals surface area (Å²) in [5.41, 5.74) is 6.63. The zero-order chi connectivity index (χ0) is 15.4. The standard InChI is InChI=1S/C13H14ClFN4O2/c1-2-21-13(20)12-11(6-16)19(18-17-12)7-8-5-9(15)3-4-10(8)14/h3-5H,2,6-7,16H2,1H3. The van der Waals surface area contributed by atoms with E-state index in [1.54, 1.807) is 6.92 Å². The van der Waals surface area contributed by atoms with Crippen LogP contribution in [0.25, 0.3) is 0 Å². The molecule has 1 heterocycles. The van der Waals surface area contributed by atoms with Crippen molar-refractivity contribution in [3.63, 3.8) is 0 Å². The van der Waals surface area contributed by atoms with E-state index in [-0.39, 0.29) is 25.4 Å². The zero-order valence-corrected chi connectivity index (χ0v) is 12.1. The number of hydrogen-bond donors (Lipinski definition) is 1. The van der Waals surface area contributed by atoms with Crippen molar-refractivity contribution in [3.8, 4) is 0 Å². The molecule has 0 fully saturated rings. The van der Waals surface area contributed by atoms with Gasteiger partial charge in [-0.05, 0) is 30.7 Å². The number of rotatable bonds is 5. The highest BCUT2D eigenvalue weighted by atomic mass is 35.5. The van der Waals surface area contributed by atoms with Crippen LogP contribution in [-0.4, -0.2) is 27.6 Å². The number of halogens is 2. The van der Waals surface area contributed by atoms with Crippen LogP contribution < -0.4 is 5.73 Å². The molecule has 21 heavy (non-hydrogen) atoms. The first kappa shape index (κ1) is 15.4. The Bertz CT molecular complexity index is 660. The second-order valence-electron chi connectivity index (χ2n) is 4.20. The van der Waals surface area contributed by atoms with Gasteiger partial charge < -0.3 is 10.5 Å². The Labute approximate surface area is 125 Å². The average Bonchev–Trinajstić information content (AvgIpc) is 2.86. The Hall–Kier alpha value is -1.99. The summed E-state index contributed by atoms with van der Waals surface area (Å²) in [5.74, 6) is -0.996. The van der Waals surface area contributed by atoms with Gasteiger partial charge in [-0.2, -0.15) is 0 Å². The summed E-state index contributed by atoms with van der Waals surface area (Å²) in [4.78, 5) is 11.7. The Morgan fingerprint density at radius 1 is 1.52 bits per heavy atom. The lowest BCUT2D eigenvalue weighted by Crippen LogP contribution is -2.15. The molecule has 2 aromatic rings. The van der Waals surface area contributed by atoms with Gasteiger partial charge in [0, 0.05) is 11.6 Å². The lowest BCUT2D eigenvalue weighted by Gasteiger charge is -2.08. The molecule has 0 radical (unpaired) electrons. The third-order valence-corrected chi connectivity index (χ3v) is 3.20. The van der Waals surface area contributed by atoms with E-state index in [1.807, 2.05) is 0 Å². The van der Waals surface area contributed by atoms with Crippen LogP contribution in [0.1, 0.15) is 28.7 Å². The number of carbonyl (C=O) groups excluding carboxylic acids is 1. The van der Waals surface area contributed by atoms with Crippen molar-refractivity contribution in [2.75, 3.05) is 6.61 Å². The predicted molar refractivity (Wildman–Crippen MR) is 74.4 cm³/mol. The lowest BCUT2D eigenvalue weighted by molar-refractivity contribution is 0.0518. The highest BCUT2D eigenvalue weighted by molar-refractivity contribution is 6.31. The largest absolute Gasteiger partial charge is 0.461 e. The first-order valence-corrected chi connectivity index (χ1v) is 6.68. The third-order valence-electron chi connectivity index (χ3n) is 2.83. The summed E-state index contributed by atoms with van der Waals surface area (Å²) in [6.07, 6.45) is 0. The molecule has 0 aliphatic rings. The van der Waals surface area contributed by atoms with Crippen molar-refractivity contribution >= 4 is 17.6 Å². The van der Waals surface area contributed by atoms with E-state index in [4.69, 9.17) is 22.1 Å². The molecule has 2 rings (SSSR count). The number of esters is 1. The summed E-state index contributed by atoms with van der Waals surface area (Å²) in [6, 6.07) is 4.02. The second-order valence-corrected chi connectivity index (χ2v) is 4.61. The number of nitrogens with zero attached hydrogens (tertiary/aromatic N) is 3. The molecule has 6 nitrogen and oxygen atoms in total. The number of nitrogens with two attached hydrogens (primary N) is 1. The van der Waals surface area contributed by atoms with Crippen LogP contribution >= 0.6 is 11.6 Å². The maximum atomic E-state index is 13.3. The Balaban J connectivity index is 2.32. The molecule has 0 aliphatic carbocycles. The van der Waals surface area contributed by atoms with Gasteiger partial charge in [0.2, 0.25) is 0 Å². The van der Waals surface area contributed by atoms with E-state index >= 15 is 0 Å². The summed E-state index contributed by atoms with van der Waals surface area (Å²) >= 11 is 6.01. The molecule has 8 heteroatoms. The minimum absolute atomic E-state index is 0.0497. The molecule has 0 unspecified atom stereocenters. The van der Waals surface area contributed by atoms with Crippen molar-refractivity contribution in [1.82, 2.24) is 15.0 Å². The maximum absolute atomic E-state index is 13.3. The van der Waals surface area contributed by atoms with E-state index in [0.29, 0.717) is 16.3 Å². The summed E-state index contributed by atoms with van der Waals surface area (Å²) < 4.78 is 19.6. The van der Waals surface area contributed by atoms with Gasteiger partial charge in [-0.15, -0.1) is 5.10 Å². The molecular weight excluding hydrogens is 299 g/mol. The predicted octanol–water partition coefficient (Wildman–Crippen LogP) is 1.75. The molecule has 0 amide bonds. The fourth-order valence-electron chi connectivity index (χ4n) is 1.85. The molecule has 0 spiro atoms. The van der Waals surface area contributed by atoms with Crippen LogP contribution in [0.2, 0.25) is 5.02 Å². The van der Waals surface area contributed by atoms with Crippen LogP contribution in [0.15, 0.2) is 18.2 Å².